The van der Waals surface area contributed by atoms with Gasteiger partial charge in [-0.15, -0.1) is 0 Å². The van der Waals surface area contributed by atoms with Gasteiger partial charge >= 0.3 is 6.03 Å². The molecule has 2 amide bonds. The van der Waals surface area contributed by atoms with Crippen LogP contribution < -0.4 is 15.4 Å². The number of nitriles is 1. The third-order valence-corrected chi connectivity index (χ3v) is 6.53. The van der Waals surface area contributed by atoms with Gasteiger partial charge in [-0.1, -0.05) is 35.9 Å². The largest absolute Gasteiger partial charge is 0.491 e. The van der Waals surface area contributed by atoms with Crippen LogP contribution in [-0.2, 0) is 0 Å². The molecule has 0 spiro atoms. The Hall–Kier alpha value is -3.78. The van der Waals surface area contributed by atoms with E-state index in [0.29, 0.717) is 29.7 Å². The predicted octanol–water partition coefficient (Wildman–Crippen LogP) is 6.84. The van der Waals surface area contributed by atoms with E-state index in [-0.39, 0.29) is 6.03 Å². The summed E-state index contributed by atoms with van der Waals surface area (Å²) >= 11 is 0. The van der Waals surface area contributed by atoms with Gasteiger partial charge < -0.3 is 15.4 Å². The molecule has 0 bridgehead atoms. The zero-order valence-electron chi connectivity index (χ0n) is 18.7. The summed E-state index contributed by atoms with van der Waals surface area (Å²) in [7, 11) is 0. The molecule has 5 rings (SSSR count). The highest BCUT2D eigenvalue weighted by atomic mass is 16.5. The normalized spacial score (nSPS) is 17.2. The molecule has 0 aromatic heterocycles. The minimum Gasteiger partial charge on any atom is -0.491 e. The number of aryl methyl sites for hydroxylation is 1. The smallest absolute Gasteiger partial charge is 0.323 e. The number of amides is 2. The van der Waals surface area contributed by atoms with Crippen molar-refractivity contribution >= 4 is 17.4 Å². The highest BCUT2D eigenvalue weighted by molar-refractivity contribution is 6.01. The fourth-order valence-corrected chi connectivity index (χ4v) is 4.71. The summed E-state index contributed by atoms with van der Waals surface area (Å²) in [6.45, 7) is 2.65. The van der Waals surface area contributed by atoms with Crippen molar-refractivity contribution in [3.63, 3.8) is 0 Å². The second-order valence-corrected chi connectivity index (χ2v) is 8.98. The van der Waals surface area contributed by atoms with Gasteiger partial charge in [0.05, 0.1) is 23.9 Å². The van der Waals surface area contributed by atoms with E-state index in [1.807, 2.05) is 61.5 Å². The monoisotopic (exact) mass is 437 g/mol. The van der Waals surface area contributed by atoms with Gasteiger partial charge in [0.15, 0.2) is 0 Å². The fourth-order valence-electron chi connectivity index (χ4n) is 4.71. The maximum atomic E-state index is 12.9. The average Bonchev–Trinajstić information content (AvgIpc) is 3.67. The third-order valence-electron chi connectivity index (χ3n) is 6.53. The van der Waals surface area contributed by atoms with Gasteiger partial charge in [-0.3, -0.25) is 0 Å². The number of carbonyl (C=O) groups is 1. The van der Waals surface area contributed by atoms with Crippen molar-refractivity contribution in [1.82, 2.24) is 0 Å². The van der Waals surface area contributed by atoms with Crippen molar-refractivity contribution in [2.45, 2.75) is 38.5 Å². The Morgan fingerprint density at radius 2 is 1.82 bits per heavy atom. The number of rotatable bonds is 4. The molecule has 3 aromatic rings. The Morgan fingerprint density at radius 3 is 2.58 bits per heavy atom. The molecule has 1 saturated carbocycles. The highest BCUT2D eigenvalue weighted by Gasteiger charge is 2.36. The molecule has 1 fully saturated rings. The summed E-state index contributed by atoms with van der Waals surface area (Å²) in [5.41, 5.74) is 6.06. The van der Waals surface area contributed by atoms with Crippen molar-refractivity contribution < 1.29 is 9.53 Å². The second-order valence-electron chi connectivity index (χ2n) is 8.98. The van der Waals surface area contributed by atoms with Gasteiger partial charge in [0.1, 0.15) is 5.75 Å². The number of benzene rings is 3. The van der Waals surface area contributed by atoms with Crippen LogP contribution in [0.25, 0.3) is 11.1 Å². The Labute approximate surface area is 194 Å². The molecular formula is C28H27N3O2. The van der Waals surface area contributed by atoms with Gasteiger partial charge in [0.25, 0.3) is 0 Å². The molecule has 1 unspecified atom stereocenters. The van der Waals surface area contributed by atoms with Crippen LogP contribution in [0.2, 0.25) is 0 Å². The Morgan fingerprint density at radius 1 is 1.03 bits per heavy atom. The summed E-state index contributed by atoms with van der Waals surface area (Å²) in [5.74, 6) is 1.85. The molecule has 33 heavy (non-hydrogen) atoms. The number of anilines is 2. The minimum atomic E-state index is -0.317. The maximum Gasteiger partial charge on any atom is 0.323 e. The highest BCUT2D eigenvalue weighted by Crippen LogP contribution is 2.51. The van der Waals surface area contributed by atoms with Crippen LogP contribution in [0.15, 0.2) is 60.7 Å². The number of nitrogens with zero attached hydrogens (tertiary/aromatic N) is 1. The number of fused-ring (bicyclic) bond motifs is 1. The molecule has 2 N–H and O–H groups in total. The molecule has 2 aliphatic rings. The zero-order chi connectivity index (χ0) is 22.8. The van der Waals surface area contributed by atoms with Crippen LogP contribution in [0.5, 0.6) is 5.75 Å². The molecule has 1 aliphatic heterocycles. The molecule has 1 atom stereocenters. The van der Waals surface area contributed by atoms with Crippen LogP contribution in [0.3, 0.4) is 0 Å². The van der Waals surface area contributed by atoms with Crippen molar-refractivity contribution in [3.05, 3.63) is 77.4 Å². The van der Waals surface area contributed by atoms with E-state index in [1.165, 1.54) is 12.8 Å². The van der Waals surface area contributed by atoms with E-state index in [1.54, 1.807) is 0 Å². The van der Waals surface area contributed by atoms with E-state index in [4.69, 9.17) is 4.74 Å². The van der Waals surface area contributed by atoms with Gasteiger partial charge in [0.2, 0.25) is 0 Å². The first kappa shape index (κ1) is 21.1. The Balaban J connectivity index is 1.55. The summed E-state index contributed by atoms with van der Waals surface area (Å²) in [4.78, 5) is 12.9. The van der Waals surface area contributed by atoms with E-state index < -0.39 is 0 Å². The van der Waals surface area contributed by atoms with Gasteiger partial charge in [-0.25, -0.2) is 4.79 Å². The summed E-state index contributed by atoms with van der Waals surface area (Å²) in [6.07, 6.45) is 4.55. The van der Waals surface area contributed by atoms with E-state index in [9.17, 15) is 10.1 Å². The van der Waals surface area contributed by atoms with Crippen molar-refractivity contribution in [2.24, 2.45) is 5.92 Å². The molecule has 0 saturated heterocycles. The quantitative estimate of drug-likeness (QED) is 0.469. The number of urea groups is 1. The van der Waals surface area contributed by atoms with Crippen LogP contribution in [0, 0.1) is 24.2 Å². The average molecular weight is 438 g/mol. The van der Waals surface area contributed by atoms with Gasteiger partial charge in [-0.2, -0.15) is 5.26 Å². The topological polar surface area (TPSA) is 74.2 Å². The van der Waals surface area contributed by atoms with Crippen LogP contribution in [0.1, 0.15) is 48.3 Å². The fraction of sp³-hybridized carbons (Fsp3) is 0.286. The van der Waals surface area contributed by atoms with Gasteiger partial charge in [-0.05, 0) is 85.9 Å². The Kier molecular flexibility index (Phi) is 5.75. The first-order valence-corrected chi connectivity index (χ1v) is 11.6. The first-order valence-electron chi connectivity index (χ1n) is 11.6. The maximum absolute atomic E-state index is 12.9. The van der Waals surface area contributed by atoms with Crippen molar-refractivity contribution in [3.8, 4) is 22.9 Å². The third kappa shape index (κ3) is 4.56. The van der Waals surface area contributed by atoms with E-state index in [0.717, 1.165) is 46.5 Å². The zero-order valence-corrected chi connectivity index (χ0v) is 18.7. The molecule has 166 valence electrons. The van der Waals surface area contributed by atoms with Crippen LogP contribution in [0.4, 0.5) is 16.2 Å². The standard InChI is InChI=1S/C28H27N3O2/c1-18-8-12-22(13-9-18)30-28(32)31-26-16-21(23-6-3-2-5-20(23)17-29)15-25-24(19-10-11-19)7-4-14-33-27(25)26/h2-3,5-6,8-9,12-13,15-16,19,24H,4,7,10-11,14H2,1H3,(H2,30,31,32). The van der Waals surface area contributed by atoms with Crippen molar-refractivity contribution in [2.75, 3.05) is 17.2 Å². The SMILES string of the molecule is Cc1ccc(NC(=O)Nc2cc(-c3ccccc3C#N)cc3c2OCCCC3C2CC2)cc1. The summed E-state index contributed by atoms with van der Waals surface area (Å²) in [5, 5.41) is 15.6. The summed E-state index contributed by atoms with van der Waals surface area (Å²) < 4.78 is 6.19. The number of hydrogen-bond donors (Lipinski definition) is 2. The number of ether oxygens (including phenoxy) is 1. The number of hydrogen-bond acceptors (Lipinski definition) is 3. The lowest BCUT2D eigenvalue weighted by atomic mass is 9.87. The first-order chi connectivity index (χ1) is 16.1. The van der Waals surface area contributed by atoms with Crippen LogP contribution >= 0.6 is 0 Å². The minimum absolute atomic E-state index is 0.317. The van der Waals surface area contributed by atoms with Crippen molar-refractivity contribution in [1.29, 1.82) is 5.26 Å². The van der Waals surface area contributed by atoms with E-state index in [2.05, 4.69) is 22.8 Å². The number of carbonyl (C=O) groups excluding carboxylic acids is 1. The molecule has 1 aliphatic carbocycles. The number of nitrogens with one attached hydrogen (secondary N) is 2. The lowest BCUT2D eigenvalue weighted by molar-refractivity contribution is 0.262. The second kappa shape index (κ2) is 8.99. The molecule has 5 heteroatoms. The molecule has 0 radical (unpaired) electrons. The Bertz CT molecular complexity index is 1220. The molecular weight excluding hydrogens is 410 g/mol. The predicted molar refractivity (Wildman–Crippen MR) is 131 cm³/mol. The lowest BCUT2D eigenvalue weighted by Gasteiger charge is -2.21. The lowest BCUT2D eigenvalue weighted by Crippen LogP contribution is -2.20. The van der Waals surface area contributed by atoms with Gasteiger partial charge in [0, 0.05) is 11.3 Å². The molecule has 3 aromatic carbocycles. The van der Waals surface area contributed by atoms with Crippen LogP contribution in [-0.4, -0.2) is 12.6 Å². The summed E-state index contributed by atoms with van der Waals surface area (Å²) in [6, 6.07) is 21.4. The molecule has 1 heterocycles. The van der Waals surface area contributed by atoms with E-state index >= 15 is 0 Å². The molecule has 5 nitrogen and oxygen atoms in total.